The summed E-state index contributed by atoms with van der Waals surface area (Å²) in [6.07, 6.45) is 0.604. The molecular weight excluding hydrogens is 248 g/mol. The summed E-state index contributed by atoms with van der Waals surface area (Å²) in [5, 5.41) is 1.40. The molecule has 0 aromatic heterocycles. The largest absolute Gasteiger partial charge is 0.496 e. The number of carbonyl (C=O) groups excluding carboxylic acids is 1. The first-order valence-corrected chi connectivity index (χ1v) is 6.36. The predicted molar refractivity (Wildman–Crippen MR) is 74.8 cm³/mol. The molecule has 0 spiro atoms. The Kier molecular flexibility index (Phi) is 3.87. The molecule has 2 rings (SSSR count). The number of hydrogen-bond donors (Lipinski definition) is 0. The van der Waals surface area contributed by atoms with Gasteiger partial charge >= 0.3 is 0 Å². The van der Waals surface area contributed by atoms with Crippen molar-refractivity contribution in [3.05, 3.63) is 42.0 Å². The normalized spacial score (nSPS) is 12.4. The van der Waals surface area contributed by atoms with Crippen LogP contribution >= 0.6 is 11.6 Å². The highest BCUT2D eigenvalue weighted by molar-refractivity contribution is 6.35. The van der Waals surface area contributed by atoms with Crippen LogP contribution in [0, 0.1) is 0 Å². The molecule has 0 radical (unpaired) electrons. The Bertz CT molecular complexity index is 578. The monoisotopic (exact) mass is 262 g/mol. The zero-order valence-electron chi connectivity index (χ0n) is 10.4. The Morgan fingerprint density at radius 1 is 1.28 bits per heavy atom. The van der Waals surface area contributed by atoms with Gasteiger partial charge in [0.05, 0.1) is 18.1 Å². The van der Waals surface area contributed by atoms with Crippen molar-refractivity contribution in [1.82, 2.24) is 0 Å². The lowest BCUT2D eigenvalue weighted by molar-refractivity contribution is 0.0984. The predicted octanol–water partition coefficient (Wildman–Crippen LogP) is 4.05. The second kappa shape index (κ2) is 5.40. The second-order valence-corrected chi connectivity index (χ2v) is 4.63. The second-order valence-electron chi connectivity index (χ2n) is 4.10. The summed E-state index contributed by atoms with van der Waals surface area (Å²) in [5.41, 5.74) is 0.581. The highest BCUT2D eigenvalue weighted by Crippen LogP contribution is 2.30. The van der Waals surface area contributed by atoms with Gasteiger partial charge in [-0.15, -0.1) is 11.6 Å². The topological polar surface area (TPSA) is 26.3 Å². The molecule has 2 aromatic rings. The average molecular weight is 263 g/mol. The van der Waals surface area contributed by atoms with E-state index in [0.717, 1.165) is 10.8 Å². The summed E-state index contributed by atoms with van der Waals surface area (Å²) < 4.78 is 5.29. The number of benzene rings is 2. The molecule has 0 aliphatic carbocycles. The van der Waals surface area contributed by atoms with Crippen LogP contribution < -0.4 is 4.74 Å². The van der Waals surface area contributed by atoms with E-state index < -0.39 is 5.38 Å². The minimum absolute atomic E-state index is 0.0761. The molecule has 18 heavy (non-hydrogen) atoms. The highest BCUT2D eigenvalue weighted by atomic mass is 35.5. The van der Waals surface area contributed by atoms with Crippen LogP contribution in [-0.4, -0.2) is 18.3 Å². The third-order valence-electron chi connectivity index (χ3n) is 3.00. The van der Waals surface area contributed by atoms with Gasteiger partial charge in [-0.1, -0.05) is 37.3 Å². The lowest BCUT2D eigenvalue weighted by atomic mass is 9.98. The quantitative estimate of drug-likeness (QED) is 0.614. The summed E-state index contributed by atoms with van der Waals surface area (Å²) in [5.74, 6) is 0.505. The van der Waals surface area contributed by atoms with Crippen molar-refractivity contribution in [2.75, 3.05) is 7.11 Å². The zero-order chi connectivity index (χ0) is 13.1. The van der Waals surface area contributed by atoms with Gasteiger partial charge in [-0.25, -0.2) is 0 Å². The number of halogens is 1. The maximum absolute atomic E-state index is 12.4. The fourth-order valence-electron chi connectivity index (χ4n) is 2.02. The van der Waals surface area contributed by atoms with Crippen molar-refractivity contribution in [1.29, 1.82) is 0 Å². The fraction of sp³-hybridized carbons (Fsp3) is 0.267. The van der Waals surface area contributed by atoms with Crippen LogP contribution in [0.4, 0.5) is 0 Å². The molecule has 3 heteroatoms. The molecule has 0 heterocycles. The molecular formula is C15H15ClO2. The molecule has 1 atom stereocenters. The molecule has 0 aliphatic rings. The molecule has 0 saturated heterocycles. The lowest BCUT2D eigenvalue weighted by Gasteiger charge is -2.13. The minimum atomic E-state index is -0.510. The maximum Gasteiger partial charge on any atom is 0.184 e. The Morgan fingerprint density at radius 3 is 2.67 bits per heavy atom. The molecule has 1 unspecified atom stereocenters. The summed E-state index contributed by atoms with van der Waals surface area (Å²) >= 11 is 6.07. The first-order chi connectivity index (χ1) is 8.69. The van der Waals surface area contributed by atoms with Gasteiger partial charge in [0.25, 0.3) is 0 Å². The van der Waals surface area contributed by atoms with Crippen molar-refractivity contribution in [3.63, 3.8) is 0 Å². The van der Waals surface area contributed by atoms with Crippen molar-refractivity contribution >= 4 is 28.2 Å². The summed E-state index contributed by atoms with van der Waals surface area (Å²) in [4.78, 5) is 12.4. The van der Waals surface area contributed by atoms with Crippen LogP contribution in [0.5, 0.6) is 5.75 Å². The van der Waals surface area contributed by atoms with Crippen molar-refractivity contribution < 1.29 is 9.53 Å². The third kappa shape index (κ3) is 2.21. The van der Waals surface area contributed by atoms with Gasteiger partial charge in [0.2, 0.25) is 0 Å². The van der Waals surface area contributed by atoms with Crippen LogP contribution in [0.25, 0.3) is 10.8 Å². The van der Waals surface area contributed by atoms with E-state index in [1.165, 1.54) is 0 Å². The first kappa shape index (κ1) is 12.9. The molecule has 0 saturated carbocycles. The van der Waals surface area contributed by atoms with Gasteiger partial charge in [0, 0.05) is 0 Å². The number of fused-ring (bicyclic) bond motifs is 1. The molecule has 2 nitrogen and oxygen atoms in total. The van der Waals surface area contributed by atoms with Gasteiger partial charge in [-0.2, -0.15) is 0 Å². The number of ketones is 1. The Balaban J connectivity index is 2.68. The van der Waals surface area contributed by atoms with E-state index in [9.17, 15) is 4.79 Å². The van der Waals surface area contributed by atoms with Gasteiger partial charge in [-0.05, 0) is 23.3 Å². The van der Waals surface area contributed by atoms with Crippen LogP contribution in [0.3, 0.4) is 0 Å². The van der Waals surface area contributed by atoms with E-state index in [1.54, 1.807) is 7.11 Å². The molecule has 2 aromatic carbocycles. The Hall–Kier alpha value is -1.54. The van der Waals surface area contributed by atoms with E-state index in [0.29, 0.717) is 17.7 Å². The zero-order valence-corrected chi connectivity index (χ0v) is 11.2. The smallest absolute Gasteiger partial charge is 0.184 e. The summed E-state index contributed by atoms with van der Waals surface area (Å²) in [6, 6.07) is 11.5. The number of Topliss-reactive ketones (excluding diaryl/α,β-unsaturated/α-hetero) is 1. The van der Waals surface area contributed by atoms with Gasteiger partial charge in [0.15, 0.2) is 5.78 Å². The molecule has 0 aliphatic heterocycles. The van der Waals surface area contributed by atoms with E-state index in [2.05, 4.69) is 0 Å². The molecule has 0 bridgehead atoms. The van der Waals surface area contributed by atoms with Crippen LogP contribution in [-0.2, 0) is 0 Å². The fourth-order valence-corrected chi connectivity index (χ4v) is 2.13. The summed E-state index contributed by atoms with van der Waals surface area (Å²) in [6.45, 7) is 1.90. The number of carbonyl (C=O) groups is 1. The Morgan fingerprint density at radius 2 is 2.00 bits per heavy atom. The van der Waals surface area contributed by atoms with Crippen LogP contribution in [0.1, 0.15) is 23.7 Å². The van der Waals surface area contributed by atoms with Crippen molar-refractivity contribution in [2.24, 2.45) is 0 Å². The van der Waals surface area contributed by atoms with E-state index in [-0.39, 0.29) is 5.78 Å². The number of methoxy groups -OCH3 is 1. The van der Waals surface area contributed by atoms with Crippen LogP contribution in [0.2, 0.25) is 0 Å². The van der Waals surface area contributed by atoms with E-state index >= 15 is 0 Å². The molecule has 94 valence electrons. The van der Waals surface area contributed by atoms with Gasteiger partial charge in [0.1, 0.15) is 5.75 Å². The first-order valence-electron chi connectivity index (χ1n) is 5.93. The van der Waals surface area contributed by atoms with E-state index in [4.69, 9.17) is 16.3 Å². The van der Waals surface area contributed by atoms with Crippen molar-refractivity contribution in [3.8, 4) is 5.75 Å². The molecule has 0 N–H and O–H groups in total. The number of ether oxygens (including phenoxy) is 1. The van der Waals surface area contributed by atoms with Crippen molar-refractivity contribution in [2.45, 2.75) is 18.7 Å². The Labute approximate surface area is 112 Å². The molecule has 0 amide bonds. The molecule has 0 fully saturated rings. The number of alkyl halides is 1. The van der Waals surface area contributed by atoms with E-state index in [1.807, 2.05) is 43.3 Å². The van der Waals surface area contributed by atoms with Gasteiger partial charge < -0.3 is 4.74 Å². The van der Waals surface area contributed by atoms with Gasteiger partial charge in [-0.3, -0.25) is 4.79 Å². The lowest BCUT2D eigenvalue weighted by Crippen LogP contribution is -2.15. The SMILES string of the molecule is CCC(Cl)C(=O)c1c(OC)ccc2ccccc12. The highest BCUT2D eigenvalue weighted by Gasteiger charge is 2.21. The summed E-state index contributed by atoms with van der Waals surface area (Å²) in [7, 11) is 1.57. The standard InChI is InChI=1S/C15H15ClO2/c1-3-12(16)15(17)14-11-7-5-4-6-10(11)8-9-13(14)18-2/h4-9,12H,3H2,1-2H3. The average Bonchev–Trinajstić information content (AvgIpc) is 2.44. The number of hydrogen-bond acceptors (Lipinski definition) is 2. The number of rotatable bonds is 4. The van der Waals surface area contributed by atoms with Crippen LogP contribution in [0.15, 0.2) is 36.4 Å². The minimum Gasteiger partial charge on any atom is -0.496 e. The maximum atomic E-state index is 12.4. The third-order valence-corrected chi connectivity index (χ3v) is 3.51.